The Morgan fingerprint density at radius 3 is 2.67 bits per heavy atom. The molecule has 0 aliphatic carbocycles. The third kappa shape index (κ3) is 3.21. The number of nitrogens with one attached hydrogen (secondary N) is 1. The number of rotatable bonds is 5. The summed E-state index contributed by atoms with van der Waals surface area (Å²) < 4.78 is 57.9. The van der Waals surface area contributed by atoms with Gasteiger partial charge in [0.15, 0.2) is 0 Å². The minimum atomic E-state index is -3.67. The van der Waals surface area contributed by atoms with Gasteiger partial charge in [0.2, 0.25) is 10.0 Å². The number of methoxy groups -OCH3 is 1. The van der Waals surface area contributed by atoms with Crippen molar-refractivity contribution >= 4 is 42.8 Å². The molecule has 1 aromatic heterocycles. The molecular formula is C14H16N2O5S3. The molecule has 1 aromatic carbocycles. The average molecular weight is 388 g/mol. The Morgan fingerprint density at radius 1 is 1.29 bits per heavy atom. The highest BCUT2D eigenvalue weighted by molar-refractivity contribution is 7.94. The molecule has 0 unspecified atom stereocenters. The summed E-state index contributed by atoms with van der Waals surface area (Å²) in [6.07, 6.45) is 0.554. The van der Waals surface area contributed by atoms with E-state index < -0.39 is 20.0 Å². The standard InChI is InChI=1S/C14H16N2O5S3/c1-21-13-10-11(15-24(19,20)14-4-2-8-22-14)5-6-12(13)16-7-3-9-23(16,17)18/h2,4-6,8,10,15H,3,7,9H2,1H3. The molecule has 1 aliphatic rings. The Kier molecular flexibility index (Phi) is 4.45. The molecule has 1 N–H and O–H groups in total. The smallest absolute Gasteiger partial charge is 0.271 e. The quantitative estimate of drug-likeness (QED) is 0.847. The third-order valence-electron chi connectivity index (χ3n) is 3.56. The summed E-state index contributed by atoms with van der Waals surface area (Å²) in [4.78, 5) is 0. The first kappa shape index (κ1) is 17.1. The summed E-state index contributed by atoms with van der Waals surface area (Å²) in [5, 5.41) is 1.68. The van der Waals surface area contributed by atoms with Gasteiger partial charge in [-0.05, 0) is 30.0 Å². The Morgan fingerprint density at radius 2 is 2.08 bits per heavy atom. The maximum absolute atomic E-state index is 12.3. The number of hydrogen-bond acceptors (Lipinski definition) is 6. The zero-order chi connectivity index (χ0) is 17.4. The summed E-state index contributed by atoms with van der Waals surface area (Å²) in [7, 11) is -5.59. The van der Waals surface area contributed by atoms with Crippen molar-refractivity contribution in [3.8, 4) is 5.75 Å². The van der Waals surface area contributed by atoms with E-state index >= 15 is 0 Å². The number of thiophene rings is 1. The van der Waals surface area contributed by atoms with Crippen molar-refractivity contribution in [2.24, 2.45) is 0 Å². The molecule has 3 rings (SSSR count). The molecule has 130 valence electrons. The van der Waals surface area contributed by atoms with Gasteiger partial charge in [-0.2, -0.15) is 0 Å². The predicted molar refractivity (Wildman–Crippen MR) is 93.9 cm³/mol. The number of ether oxygens (including phenoxy) is 1. The molecule has 0 atom stereocenters. The summed E-state index contributed by atoms with van der Waals surface area (Å²) in [5.41, 5.74) is 0.717. The lowest BCUT2D eigenvalue weighted by Crippen LogP contribution is -2.25. The van der Waals surface area contributed by atoms with Crippen molar-refractivity contribution in [2.45, 2.75) is 10.6 Å². The van der Waals surface area contributed by atoms with Crippen LogP contribution in [0.25, 0.3) is 0 Å². The summed E-state index contributed by atoms with van der Waals surface area (Å²) >= 11 is 1.11. The van der Waals surface area contributed by atoms with Crippen LogP contribution in [0.5, 0.6) is 5.75 Å². The lowest BCUT2D eigenvalue weighted by Gasteiger charge is -2.20. The monoisotopic (exact) mass is 388 g/mol. The van der Waals surface area contributed by atoms with E-state index in [1.807, 2.05) is 0 Å². The van der Waals surface area contributed by atoms with E-state index in [-0.39, 0.29) is 9.96 Å². The second kappa shape index (κ2) is 6.26. The normalized spacial score (nSPS) is 17.0. The minimum absolute atomic E-state index is 0.100. The van der Waals surface area contributed by atoms with Gasteiger partial charge < -0.3 is 4.74 Å². The molecule has 1 aliphatic heterocycles. The molecule has 2 aromatic rings. The molecule has 10 heteroatoms. The molecule has 1 saturated heterocycles. The van der Waals surface area contributed by atoms with Crippen LogP contribution in [0.4, 0.5) is 11.4 Å². The lowest BCUT2D eigenvalue weighted by atomic mass is 10.2. The van der Waals surface area contributed by atoms with Crippen molar-refractivity contribution in [3.05, 3.63) is 35.7 Å². The van der Waals surface area contributed by atoms with Crippen LogP contribution in [-0.2, 0) is 20.0 Å². The fourth-order valence-electron chi connectivity index (χ4n) is 2.48. The molecule has 7 nitrogen and oxygen atoms in total. The maximum atomic E-state index is 12.3. The van der Waals surface area contributed by atoms with Crippen molar-refractivity contribution in [1.82, 2.24) is 0 Å². The van der Waals surface area contributed by atoms with Gasteiger partial charge in [-0.3, -0.25) is 9.03 Å². The average Bonchev–Trinajstić information content (AvgIpc) is 3.16. The number of benzene rings is 1. The summed E-state index contributed by atoms with van der Waals surface area (Å²) in [6.45, 7) is 0.388. The number of hydrogen-bond donors (Lipinski definition) is 1. The van der Waals surface area contributed by atoms with Crippen LogP contribution in [0.3, 0.4) is 0 Å². The molecule has 1 fully saturated rings. The molecule has 0 spiro atoms. The topological polar surface area (TPSA) is 92.8 Å². The van der Waals surface area contributed by atoms with Crippen LogP contribution in [0.1, 0.15) is 6.42 Å². The second-order valence-electron chi connectivity index (χ2n) is 5.17. The first-order chi connectivity index (χ1) is 11.3. The van der Waals surface area contributed by atoms with Crippen molar-refractivity contribution < 1.29 is 21.6 Å². The highest BCUT2D eigenvalue weighted by Gasteiger charge is 2.30. The second-order valence-corrected chi connectivity index (χ2v) is 10.0. The SMILES string of the molecule is COc1cc(NS(=O)(=O)c2cccs2)ccc1N1CCCS1(=O)=O. The molecule has 0 bridgehead atoms. The van der Waals surface area contributed by atoms with Crippen LogP contribution in [0, 0.1) is 0 Å². The molecular weight excluding hydrogens is 372 g/mol. The van der Waals surface area contributed by atoms with E-state index in [0.29, 0.717) is 30.1 Å². The van der Waals surface area contributed by atoms with Crippen LogP contribution in [0.15, 0.2) is 39.9 Å². The van der Waals surface area contributed by atoms with Gasteiger partial charge >= 0.3 is 0 Å². The lowest BCUT2D eigenvalue weighted by molar-refractivity contribution is 0.416. The molecule has 2 heterocycles. The van der Waals surface area contributed by atoms with Gasteiger partial charge in [0.25, 0.3) is 10.0 Å². The van der Waals surface area contributed by atoms with E-state index in [4.69, 9.17) is 4.74 Å². The van der Waals surface area contributed by atoms with Crippen molar-refractivity contribution in [1.29, 1.82) is 0 Å². The highest BCUT2D eigenvalue weighted by atomic mass is 32.2. The minimum Gasteiger partial charge on any atom is -0.494 e. The third-order valence-corrected chi connectivity index (χ3v) is 8.19. The Labute approximate surface area is 145 Å². The molecule has 0 saturated carbocycles. The van der Waals surface area contributed by atoms with Crippen molar-refractivity contribution in [3.63, 3.8) is 0 Å². The van der Waals surface area contributed by atoms with E-state index in [9.17, 15) is 16.8 Å². The molecule has 0 radical (unpaired) electrons. The van der Waals surface area contributed by atoms with Crippen LogP contribution in [-0.4, -0.2) is 36.2 Å². The summed E-state index contributed by atoms with van der Waals surface area (Å²) in [6, 6.07) is 7.72. The van der Waals surface area contributed by atoms with Gasteiger partial charge in [0.1, 0.15) is 9.96 Å². The Balaban J connectivity index is 1.93. The Bertz CT molecular complexity index is 937. The van der Waals surface area contributed by atoms with Crippen molar-refractivity contribution in [2.75, 3.05) is 28.4 Å². The highest BCUT2D eigenvalue weighted by Crippen LogP contribution is 2.35. The fraction of sp³-hybridized carbons (Fsp3) is 0.286. The van der Waals surface area contributed by atoms with Gasteiger partial charge in [-0.1, -0.05) is 6.07 Å². The van der Waals surface area contributed by atoms with Gasteiger partial charge in [0, 0.05) is 12.6 Å². The van der Waals surface area contributed by atoms with Crippen LogP contribution >= 0.6 is 11.3 Å². The predicted octanol–water partition coefficient (Wildman–Crippen LogP) is 2.10. The zero-order valence-electron chi connectivity index (χ0n) is 12.8. The Hall–Kier alpha value is -1.78. The van der Waals surface area contributed by atoms with Crippen LogP contribution in [0.2, 0.25) is 0 Å². The molecule has 0 amide bonds. The van der Waals surface area contributed by atoms with Gasteiger partial charge in [-0.25, -0.2) is 16.8 Å². The van der Waals surface area contributed by atoms with Gasteiger partial charge in [-0.15, -0.1) is 11.3 Å². The molecule has 24 heavy (non-hydrogen) atoms. The zero-order valence-corrected chi connectivity index (χ0v) is 15.2. The van der Waals surface area contributed by atoms with E-state index in [2.05, 4.69) is 4.72 Å². The first-order valence-corrected chi connectivity index (χ1v) is 11.1. The number of sulfonamides is 2. The largest absolute Gasteiger partial charge is 0.494 e. The van der Waals surface area contributed by atoms with E-state index in [1.165, 1.54) is 29.6 Å². The van der Waals surface area contributed by atoms with Gasteiger partial charge in [0.05, 0.1) is 24.2 Å². The summed E-state index contributed by atoms with van der Waals surface area (Å²) in [5.74, 6) is 0.398. The van der Waals surface area contributed by atoms with E-state index in [0.717, 1.165) is 11.3 Å². The van der Waals surface area contributed by atoms with E-state index in [1.54, 1.807) is 17.5 Å². The maximum Gasteiger partial charge on any atom is 0.271 e. The first-order valence-electron chi connectivity index (χ1n) is 7.08. The fourth-order valence-corrected chi connectivity index (χ4v) is 6.09. The number of nitrogens with zero attached hydrogens (tertiary/aromatic N) is 1. The van der Waals surface area contributed by atoms with Crippen LogP contribution < -0.4 is 13.8 Å². The number of anilines is 2.